The van der Waals surface area contributed by atoms with Gasteiger partial charge in [-0.2, -0.15) is 0 Å². The Hall–Kier alpha value is -1.48. The van der Waals surface area contributed by atoms with Crippen LogP contribution in [0.2, 0.25) is 5.02 Å². The Morgan fingerprint density at radius 2 is 2.14 bits per heavy atom. The maximum absolute atomic E-state index is 6.05. The number of rotatable bonds is 1. The van der Waals surface area contributed by atoms with Gasteiger partial charge in [-0.1, -0.05) is 29.8 Å². The van der Waals surface area contributed by atoms with Crippen molar-refractivity contribution in [1.29, 1.82) is 0 Å². The first-order chi connectivity index (χ1) is 6.79. The lowest BCUT2D eigenvalue weighted by Crippen LogP contribution is -2.24. The molecule has 0 saturated carbocycles. The van der Waals surface area contributed by atoms with Gasteiger partial charge in [0, 0.05) is 16.2 Å². The van der Waals surface area contributed by atoms with Crippen LogP contribution in [0, 0.1) is 0 Å². The van der Waals surface area contributed by atoms with Crippen molar-refractivity contribution in [2.45, 2.75) is 0 Å². The third kappa shape index (κ3) is 1.59. The van der Waals surface area contributed by atoms with Gasteiger partial charge in [-0.05, 0) is 6.07 Å². The molecule has 0 aromatic heterocycles. The molecule has 0 amide bonds. The number of nitrogens with two attached hydrogens (primary N) is 1. The minimum atomic E-state index is 0.572. The highest BCUT2D eigenvalue weighted by Gasteiger charge is 2.11. The predicted molar refractivity (Wildman–Crippen MR) is 59.1 cm³/mol. The molecule has 0 bridgehead atoms. The van der Waals surface area contributed by atoms with Crippen LogP contribution in [0.5, 0.6) is 0 Å². The summed E-state index contributed by atoms with van der Waals surface area (Å²) in [5.74, 6) is 0.619. The number of hydrogen-bond acceptors (Lipinski definition) is 3. The molecule has 2 rings (SSSR count). The SMILES string of the molecule is NC1=C(c2ccccc2Cl)CN=CN1. The Morgan fingerprint density at radius 1 is 1.36 bits per heavy atom. The van der Waals surface area contributed by atoms with Gasteiger partial charge in [0.05, 0.1) is 12.9 Å². The standard InChI is InChI=1S/C10H10ClN3/c11-9-4-2-1-3-7(9)8-5-13-6-14-10(8)12/h1-4,6H,5,12H2,(H,13,14). The van der Waals surface area contributed by atoms with Gasteiger partial charge < -0.3 is 11.1 Å². The number of hydrogen-bond donors (Lipinski definition) is 2. The van der Waals surface area contributed by atoms with E-state index < -0.39 is 0 Å². The van der Waals surface area contributed by atoms with Gasteiger partial charge in [-0.25, -0.2) is 0 Å². The minimum absolute atomic E-state index is 0.572. The molecule has 1 aliphatic rings. The van der Waals surface area contributed by atoms with Gasteiger partial charge >= 0.3 is 0 Å². The van der Waals surface area contributed by atoms with E-state index in [1.54, 1.807) is 6.34 Å². The van der Waals surface area contributed by atoms with E-state index in [-0.39, 0.29) is 0 Å². The zero-order valence-corrected chi connectivity index (χ0v) is 8.25. The molecule has 0 aliphatic carbocycles. The molecule has 4 heteroatoms. The van der Waals surface area contributed by atoms with E-state index in [1.165, 1.54) is 0 Å². The molecule has 14 heavy (non-hydrogen) atoms. The Labute approximate surface area is 87.3 Å². The largest absolute Gasteiger partial charge is 0.385 e. The normalized spacial score (nSPS) is 15.5. The molecule has 1 aromatic rings. The van der Waals surface area contributed by atoms with E-state index in [0.717, 1.165) is 11.1 Å². The van der Waals surface area contributed by atoms with Crippen LogP contribution in [0.3, 0.4) is 0 Å². The van der Waals surface area contributed by atoms with Crippen LogP contribution >= 0.6 is 11.6 Å². The Kier molecular flexibility index (Phi) is 2.41. The topological polar surface area (TPSA) is 50.4 Å². The van der Waals surface area contributed by atoms with E-state index in [2.05, 4.69) is 10.3 Å². The average molecular weight is 208 g/mol. The Bertz CT molecular complexity index is 410. The molecule has 72 valence electrons. The molecule has 3 nitrogen and oxygen atoms in total. The van der Waals surface area contributed by atoms with Crippen molar-refractivity contribution in [2.75, 3.05) is 6.54 Å². The van der Waals surface area contributed by atoms with Crippen molar-refractivity contribution in [3.05, 3.63) is 40.7 Å². The van der Waals surface area contributed by atoms with Crippen LogP contribution in [0.1, 0.15) is 5.56 Å². The molecule has 0 spiro atoms. The molecule has 0 saturated heterocycles. The summed E-state index contributed by atoms with van der Waals surface area (Å²) in [5, 5.41) is 3.56. The highest BCUT2D eigenvalue weighted by molar-refractivity contribution is 6.32. The lowest BCUT2D eigenvalue weighted by atomic mass is 10.1. The number of benzene rings is 1. The first-order valence-corrected chi connectivity index (χ1v) is 4.65. The third-order valence-corrected chi connectivity index (χ3v) is 2.41. The van der Waals surface area contributed by atoms with Gasteiger partial charge in [-0.15, -0.1) is 0 Å². The quantitative estimate of drug-likeness (QED) is 0.735. The summed E-state index contributed by atoms with van der Waals surface area (Å²) >= 11 is 6.05. The van der Waals surface area contributed by atoms with Crippen LogP contribution in [0.25, 0.3) is 5.57 Å². The molecule has 0 fully saturated rings. The number of nitrogens with zero attached hydrogens (tertiary/aromatic N) is 1. The highest BCUT2D eigenvalue weighted by Crippen LogP contribution is 2.25. The van der Waals surface area contributed by atoms with Crippen LogP contribution in [-0.2, 0) is 0 Å². The lowest BCUT2D eigenvalue weighted by Gasteiger charge is -2.14. The van der Waals surface area contributed by atoms with Crippen molar-refractivity contribution in [3.8, 4) is 0 Å². The second-order valence-electron chi connectivity index (χ2n) is 2.99. The molecular weight excluding hydrogens is 198 g/mol. The van der Waals surface area contributed by atoms with E-state index >= 15 is 0 Å². The van der Waals surface area contributed by atoms with Gasteiger partial charge in [0.15, 0.2) is 0 Å². The number of halogens is 1. The van der Waals surface area contributed by atoms with Gasteiger partial charge in [0.2, 0.25) is 0 Å². The Morgan fingerprint density at radius 3 is 2.86 bits per heavy atom. The summed E-state index contributed by atoms with van der Waals surface area (Å²) in [7, 11) is 0. The molecule has 1 heterocycles. The molecule has 0 unspecified atom stereocenters. The number of aliphatic imine (C=N–C) groups is 1. The van der Waals surface area contributed by atoms with Gasteiger partial charge in [0.25, 0.3) is 0 Å². The van der Waals surface area contributed by atoms with Crippen molar-refractivity contribution in [2.24, 2.45) is 10.7 Å². The molecule has 0 atom stereocenters. The first kappa shape index (κ1) is 9.09. The summed E-state index contributed by atoms with van der Waals surface area (Å²) in [6.07, 6.45) is 1.59. The molecule has 3 N–H and O–H groups in total. The molecule has 1 aromatic carbocycles. The summed E-state index contributed by atoms with van der Waals surface area (Å²) in [5.41, 5.74) is 7.68. The van der Waals surface area contributed by atoms with Crippen LogP contribution < -0.4 is 11.1 Å². The van der Waals surface area contributed by atoms with Crippen molar-refractivity contribution in [1.82, 2.24) is 5.32 Å². The fraction of sp³-hybridized carbons (Fsp3) is 0.100. The summed E-state index contributed by atoms with van der Waals surface area (Å²) in [6, 6.07) is 7.60. The van der Waals surface area contributed by atoms with E-state index in [1.807, 2.05) is 24.3 Å². The fourth-order valence-corrected chi connectivity index (χ4v) is 1.61. The zero-order chi connectivity index (χ0) is 9.97. The van der Waals surface area contributed by atoms with E-state index in [0.29, 0.717) is 17.4 Å². The van der Waals surface area contributed by atoms with E-state index in [4.69, 9.17) is 17.3 Å². The van der Waals surface area contributed by atoms with Crippen molar-refractivity contribution < 1.29 is 0 Å². The van der Waals surface area contributed by atoms with Gasteiger partial charge in [-0.3, -0.25) is 4.99 Å². The summed E-state index contributed by atoms with van der Waals surface area (Å²) < 4.78 is 0. The minimum Gasteiger partial charge on any atom is -0.385 e. The number of nitrogens with one attached hydrogen (secondary N) is 1. The molecule has 1 aliphatic heterocycles. The summed E-state index contributed by atoms with van der Waals surface area (Å²) in [6.45, 7) is 0.572. The highest BCUT2D eigenvalue weighted by atomic mass is 35.5. The molecule has 0 radical (unpaired) electrons. The maximum atomic E-state index is 6.05. The monoisotopic (exact) mass is 207 g/mol. The average Bonchev–Trinajstić information content (AvgIpc) is 2.20. The second-order valence-corrected chi connectivity index (χ2v) is 3.39. The van der Waals surface area contributed by atoms with Crippen molar-refractivity contribution in [3.63, 3.8) is 0 Å². The smallest absolute Gasteiger partial charge is 0.107 e. The van der Waals surface area contributed by atoms with Crippen LogP contribution in [0.4, 0.5) is 0 Å². The zero-order valence-electron chi connectivity index (χ0n) is 7.50. The second kappa shape index (κ2) is 3.72. The van der Waals surface area contributed by atoms with Crippen LogP contribution in [-0.4, -0.2) is 12.9 Å². The third-order valence-electron chi connectivity index (χ3n) is 2.08. The van der Waals surface area contributed by atoms with Crippen LogP contribution in [0.15, 0.2) is 35.1 Å². The molecular formula is C10H10ClN3. The maximum Gasteiger partial charge on any atom is 0.107 e. The van der Waals surface area contributed by atoms with Crippen molar-refractivity contribution >= 4 is 23.5 Å². The fourth-order valence-electron chi connectivity index (χ4n) is 1.36. The summed E-state index contributed by atoms with van der Waals surface area (Å²) in [4.78, 5) is 4.09. The first-order valence-electron chi connectivity index (χ1n) is 4.27. The van der Waals surface area contributed by atoms with Gasteiger partial charge in [0.1, 0.15) is 5.82 Å². The lowest BCUT2D eigenvalue weighted by molar-refractivity contribution is 1.03. The predicted octanol–water partition coefficient (Wildman–Crippen LogP) is 1.60. The van der Waals surface area contributed by atoms with E-state index in [9.17, 15) is 0 Å². The Balaban J connectivity index is 2.45.